The molecule has 0 radical (unpaired) electrons. The molecule has 2 nitrogen and oxygen atoms in total. The van der Waals surface area contributed by atoms with Crippen LogP contribution in [0.5, 0.6) is 5.75 Å². The minimum Gasteiger partial charge on any atom is -0.426 e. The van der Waals surface area contributed by atoms with Gasteiger partial charge in [0.25, 0.3) is 0 Å². The number of benzene rings is 1. The predicted molar refractivity (Wildman–Crippen MR) is 65.8 cm³/mol. The first kappa shape index (κ1) is 12.8. The summed E-state index contributed by atoms with van der Waals surface area (Å²) in [6, 6.07) is 6.01. The van der Waals surface area contributed by atoms with E-state index in [4.69, 9.17) is 4.74 Å². The Kier molecular flexibility index (Phi) is 4.53. The van der Waals surface area contributed by atoms with Gasteiger partial charge in [-0.05, 0) is 17.5 Å². The molecule has 0 saturated carbocycles. The molecule has 0 fully saturated rings. The molecule has 0 unspecified atom stereocenters. The van der Waals surface area contributed by atoms with E-state index < -0.39 is 0 Å². The zero-order chi connectivity index (χ0) is 12.1. The number of carbonyl (C=O) groups excluding carboxylic acids is 1. The summed E-state index contributed by atoms with van der Waals surface area (Å²) in [5, 5.41) is 0. The molecule has 1 aromatic rings. The van der Waals surface area contributed by atoms with Crippen LogP contribution in [0.25, 0.3) is 0 Å². The van der Waals surface area contributed by atoms with Crippen molar-refractivity contribution in [2.24, 2.45) is 0 Å². The fraction of sp³-hybridized carbons (Fsp3) is 0.500. The Balaban J connectivity index is 0.000000386. The number of hydrogen-bond acceptors (Lipinski definition) is 2. The van der Waals surface area contributed by atoms with Crippen LogP contribution in [0.15, 0.2) is 18.2 Å². The Morgan fingerprint density at radius 1 is 1.31 bits per heavy atom. The number of hydrogen-bond donors (Lipinski definition) is 0. The third kappa shape index (κ3) is 3.09. The number of rotatable bonds is 1. The van der Waals surface area contributed by atoms with Crippen LogP contribution in [0.4, 0.5) is 0 Å². The first-order chi connectivity index (χ1) is 7.58. The van der Waals surface area contributed by atoms with Crippen molar-refractivity contribution in [3.8, 4) is 5.75 Å². The highest BCUT2D eigenvalue weighted by atomic mass is 16.5. The molecule has 0 amide bonds. The Morgan fingerprint density at radius 2 is 1.94 bits per heavy atom. The van der Waals surface area contributed by atoms with Crippen LogP contribution in [-0.4, -0.2) is 5.97 Å². The molecule has 0 aliphatic carbocycles. The van der Waals surface area contributed by atoms with Crippen molar-refractivity contribution in [1.82, 2.24) is 0 Å². The standard InChI is InChI=1S/C11H12O2.C3H8/c1-7(2)8-3-4-9-6-11(12)13-10(9)5-8;1-3-2/h3-5,7H,6H2,1-2H3;3H2,1-2H3. The van der Waals surface area contributed by atoms with Gasteiger partial charge in [0.2, 0.25) is 0 Å². The van der Waals surface area contributed by atoms with Crippen LogP contribution in [0, 0.1) is 0 Å². The van der Waals surface area contributed by atoms with E-state index in [1.807, 2.05) is 12.1 Å². The second kappa shape index (κ2) is 5.69. The molecule has 0 aromatic heterocycles. The molecule has 16 heavy (non-hydrogen) atoms. The molecule has 0 spiro atoms. The molecule has 88 valence electrons. The minimum absolute atomic E-state index is 0.143. The lowest BCUT2D eigenvalue weighted by Gasteiger charge is -2.06. The summed E-state index contributed by atoms with van der Waals surface area (Å²) >= 11 is 0. The van der Waals surface area contributed by atoms with Crippen molar-refractivity contribution in [2.75, 3.05) is 0 Å². The quantitative estimate of drug-likeness (QED) is 0.533. The van der Waals surface area contributed by atoms with Gasteiger partial charge in [0.1, 0.15) is 5.75 Å². The van der Waals surface area contributed by atoms with E-state index >= 15 is 0 Å². The van der Waals surface area contributed by atoms with Crippen molar-refractivity contribution in [1.29, 1.82) is 0 Å². The zero-order valence-electron chi connectivity index (χ0n) is 10.5. The largest absolute Gasteiger partial charge is 0.426 e. The van der Waals surface area contributed by atoms with E-state index in [2.05, 4.69) is 33.8 Å². The van der Waals surface area contributed by atoms with Gasteiger partial charge in [-0.3, -0.25) is 4.79 Å². The number of esters is 1. The van der Waals surface area contributed by atoms with Crippen molar-refractivity contribution >= 4 is 5.97 Å². The molecule has 0 atom stereocenters. The van der Waals surface area contributed by atoms with Gasteiger partial charge in [0, 0.05) is 5.56 Å². The average molecular weight is 220 g/mol. The van der Waals surface area contributed by atoms with Crippen LogP contribution in [-0.2, 0) is 11.2 Å². The van der Waals surface area contributed by atoms with E-state index in [0.29, 0.717) is 12.3 Å². The molecular formula is C14H20O2. The highest BCUT2D eigenvalue weighted by Gasteiger charge is 2.20. The molecule has 1 heterocycles. The van der Waals surface area contributed by atoms with Gasteiger partial charge in [0.05, 0.1) is 6.42 Å². The van der Waals surface area contributed by atoms with Crippen LogP contribution in [0.2, 0.25) is 0 Å². The van der Waals surface area contributed by atoms with E-state index in [1.54, 1.807) is 0 Å². The summed E-state index contributed by atoms with van der Waals surface area (Å²) in [6.45, 7) is 8.50. The maximum absolute atomic E-state index is 11.0. The molecule has 1 aliphatic rings. The minimum atomic E-state index is -0.143. The lowest BCUT2D eigenvalue weighted by Crippen LogP contribution is -2.00. The topological polar surface area (TPSA) is 26.3 Å². The van der Waals surface area contributed by atoms with Crippen molar-refractivity contribution in [2.45, 2.75) is 46.5 Å². The van der Waals surface area contributed by atoms with Gasteiger partial charge < -0.3 is 4.74 Å². The van der Waals surface area contributed by atoms with Gasteiger partial charge in [-0.25, -0.2) is 0 Å². The number of fused-ring (bicyclic) bond motifs is 1. The fourth-order valence-electron chi connectivity index (χ4n) is 1.49. The first-order valence-electron chi connectivity index (χ1n) is 5.92. The Bertz CT molecular complexity index is 367. The lowest BCUT2D eigenvalue weighted by atomic mass is 10.0. The number of ether oxygens (including phenoxy) is 1. The van der Waals surface area contributed by atoms with Gasteiger partial charge in [-0.2, -0.15) is 0 Å². The third-order valence-corrected chi connectivity index (χ3v) is 2.32. The molecule has 0 saturated heterocycles. The maximum Gasteiger partial charge on any atom is 0.315 e. The third-order valence-electron chi connectivity index (χ3n) is 2.32. The molecule has 0 N–H and O–H groups in total. The van der Waals surface area contributed by atoms with Crippen LogP contribution >= 0.6 is 0 Å². The molecule has 2 rings (SSSR count). The van der Waals surface area contributed by atoms with E-state index in [0.717, 1.165) is 11.3 Å². The van der Waals surface area contributed by atoms with Crippen molar-refractivity contribution in [3.05, 3.63) is 29.3 Å². The predicted octanol–water partition coefficient (Wildman–Crippen LogP) is 3.69. The summed E-state index contributed by atoms with van der Waals surface area (Å²) in [7, 11) is 0. The second-order valence-corrected chi connectivity index (χ2v) is 4.38. The molecule has 1 aromatic carbocycles. The highest BCUT2D eigenvalue weighted by molar-refractivity contribution is 5.81. The van der Waals surface area contributed by atoms with Crippen molar-refractivity contribution in [3.63, 3.8) is 0 Å². The first-order valence-corrected chi connectivity index (χ1v) is 5.92. The Hall–Kier alpha value is -1.31. The Morgan fingerprint density at radius 3 is 2.50 bits per heavy atom. The average Bonchev–Trinajstić information content (AvgIpc) is 2.57. The highest BCUT2D eigenvalue weighted by Crippen LogP contribution is 2.29. The van der Waals surface area contributed by atoms with E-state index in [9.17, 15) is 4.79 Å². The summed E-state index contributed by atoms with van der Waals surface area (Å²) in [5.74, 6) is 1.08. The van der Waals surface area contributed by atoms with Gasteiger partial charge in [-0.1, -0.05) is 46.2 Å². The summed E-state index contributed by atoms with van der Waals surface area (Å²) < 4.78 is 5.06. The maximum atomic E-state index is 11.0. The van der Waals surface area contributed by atoms with Crippen LogP contribution in [0.1, 0.15) is 51.2 Å². The molecule has 0 bridgehead atoms. The zero-order valence-corrected chi connectivity index (χ0v) is 10.5. The lowest BCUT2D eigenvalue weighted by molar-refractivity contribution is -0.131. The van der Waals surface area contributed by atoms with E-state index in [-0.39, 0.29) is 5.97 Å². The van der Waals surface area contributed by atoms with Crippen molar-refractivity contribution < 1.29 is 9.53 Å². The second-order valence-electron chi connectivity index (χ2n) is 4.38. The monoisotopic (exact) mass is 220 g/mol. The smallest absolute Gasteiger partial charge is 0.315 e. The molecular weight excluding hydrogens is 200 g/mol. The Labute approximate surface area is 97.6 Å². The number of carbonyl (C=O) groups is 1. The van der Waals surface area contributed by atoms with Crippen LogP contribution in [0.3, 0.4) is 0 Å². The molecule has 1 aliphatic heterocycles. The van der Waals surface area contributed by atoms with E-state index in [1.165, 1.54) is 12.0 Å². The van der Waals surface area contributed by atoms with Crippen LogP contribution < -0.4 is 4.74 Å². The fourth-order valence-corrected chi connectivity index (χ4v) is 1.49. The SMILES string of the molecule is CC(C)c1ccc2c(c1)OC(=O)C2.CCC. The normalized spacial score (nSPS) is 12.9. The van der Waals surface area contributed by atoms with Gasteiger partial charge >= 0.3 is 5.97 Å². The summed E-state index contributed by atoms with van der Waals surface area (Å²) in [4.78, 5) is 11.0. The molecule has 2 heteroatoms. The summed E-state index contributed by atoms with van der Waals surface area (Å²) in [5.41, 5.74) is 2.22. The summed E-state index contributed by atoms with van der Waals surface area (Å²) in [6.07, 6.45) is 1.67. The van der Waals surface area contributed by atoms with Gasteiger partial charge in [-0.15, -0.1) is 0 Å². The van der Waals surface area contributed by atoms with Gasteiger partial charge in [0.15, 0.2) is 0 Å².